The Morgan fingerprint density at radius 2 is 2.05 bits per heavy atom. The monoisotopic (exact) mass is 307 g/mol. The standard InChI is InChI=1S/C14H17N3O3S/c1-2-9-7-15-10(21-9)8-17-12(19)14(5-3-4-6-14)11(18)16-13(17)20/h7H,2-6,8H2,1H3,(H,16,18,20). The predicted molar refractivity (Wildman–Crippen MR) is 76.5 cm³/mol. The molecular formula is C14H17N3O3S. The van der Waals surface area contributed by atoms with Crippen molar-refractivity contribution in [3.8, 4) is 0 Å². The van der Waals surface area contributed by atoms with Gasteiger partial charge in [-0.25, -0.2) is 9.78 Å². The Morgan fingerprint density at radius 3 is 2.67 bits per heavy atom. The molecule has 0 radical (unpaired) electrons. The van der Waals surface area contributed by atoms with Crippen LogP contribution in [0, 0.1) is 5.41 Å². The van der Waals surface area contributed by atoms with E-state index in [-0.39, 0.29) is 12.5 Å². The molecule has 1 aliphatic heterocycles. The number of imide groups is 2. The highest BCUT2D eigenvalue weighted by molar-refractivity contribution is 7.11. The van der Waals surface area contributed by atoms with Gasteiger partial charge in [0.2, 0.25) is 11.8 Å². The minimum absolute atomic E-state index is 0.143. The van der Waals surface area contributed by atoms with Gasteiger partial charge in [0.15, 0.2) is 0 Å². The Morgan fingerprint density at radius 1 is 1.33 bits per heavy atom. The van der Waals surface area contributed by atoms with E-state index in [0.717, 1.165) is 34.0 Å². The minimum atomic E-state index is -1.03. The number of thiazole rings is 1. The van der Waals surface area contributed by atoms with E-state index in [1.165, 1.54) is 11.3 Å². The number of hydrogen-bond acceptors (Lipinski definition) is 5. The first-order chi connectivity index (χ1) is 10.1. The summed E-state index contributed by atoms with van der Waals surface area (Å²) in [5.74, 6) is -0.790. The zero-order valence-electron chi connectivity index (χ0n) is 11.8. The van der Waals surface area contributed by atoms with Gasteiger partial charge in [-0.1, -0.05) is 19.8 Å². The number of nitrogens with zero attached hydrogens (tertiary/aromatic N) is 2. The fourth-order valence-electron chi connectivity index (χ4n) is 3.01. The van der Waals surface area contributed by atoms with E-state index in [1.807, 2.05) is 6.92 Å². The normalized spacial score (nSPS) is 21.2. The lowest BCUT2D eigenvalue weighted by atomic mass is 9.82. The number of aryl methyl sites for hydroxylation is 1. The molecule has 1 spiro atoms. The second-order valence-corrected chi connectivity index (χ2v) is 6.71. The van der Waals surface area contributed by atoms with Crippen LogP contribution in [-0.2, 0) is 22.6 Å². The number of carbonyl (C=O) groups excluding carboxylic acids is 3. The quantitative estimate of drug-likeness (QED) is 0.864. The van der Waals surface area contributed by atoms with Crippen molar-refractivity contribution in [1.82, 2.24) is 15.2 Å². The first-order valence-corrected chi connectivity index (χ1v) is 7.99. The summed E-state index contributed by atoms with van der Waals surface area (Å²) in [5, 5.41) is 3.06. The Labute approximate surface area is 126 Å². The molecule has 1 saturated carbocycles. The van der Waals surface area contributed by atoms with Gasteiger partial charge in [-0.15, -0.1) is 11.3 Å². The van der Waals surface area contributed by atoms with Gasteiger partial charge in [-0.3, -0.25) is 19.8 Å². The molecule has 2 aliphatic rings. The fraction of sp³-hybridized carbons (Fsp3) is 0.571. The molecule has 0 bridgehead atoms. The second-order valence-electron chi connectivity index (χ2n) is 5.51. The molecule has 0 atom stereocenters. The van der Waals surface area contributed by atoms with Crippen LogP contribution in [0.2, 0.25) is 0 Å². The molecule has 112 valence electrons. The third-order valence-electron chi connectivity index (χ3n) is 4.26. The Kier molecular flexibility index (Phi) is 3.52. The molecule has 7 heteroatoms. The average Bonchev–Trinajstić information content (AvgIpc) is 3.12. The van der Waals surface area contributed by atoms with Crippen LogP contribution in [-0.4, -0.2) is 27.7 Å². The molecule has 21 heavy (non-hydrogen) atoms. The lowest BCUT2D eigenvalue weighted by molar-refractivity contribution is -0.151. The maximum Gasteiger partial charge on any atom is 0.331 e. The van der Waals surface area contributed by atoms with Crippen LogP contribution < -0.4 is 5.32 Å². The number of carbonyl (C=O) groups is 3. The van der Waals surface area contributed by atoms with Gasteiger partial charge in [0.05, 0.1) is 6.54 Å². The summed E-state index contributed by atoms with van der Waals surface area (Å²) in [7, 11) is 0. The summed E-state index contributed by atoms with van der Waals surface area (Å²) in [5.41, 5.74) is -1.03. The highest BCUT2D eigenvalue weighted by Crippen LogP contribution is 2.42. The lowest BCUT2D eigenvalue weighted by Gasteiger charge is -2.36. The minimum Gasteiger partial charge on any atom is -0.277 e. The fourth-order valence-corrected chi connectivity index (χ4v) is 3.87. The summed E-state index contributed by atoms with van der Waals surface area (Å²) >= 11 is 1.49. The molecule has 0 aromatic carbocycles. The maximum atomic E-state index is 12.7. The molecule has 2 fully saturated rings. The number of rotatable bonds is 3. The predicted octanol–water partition coefficient (Wildman–Crippen LogP) is 1.84. The third-order valence-corrected chi connectivity index (χ3v) is 5.38. The smallest absolute Gasteiger partial charge is 0.277 e. The van der Waals surface area contributed by atoms with Gasteiger partial charge in [0.25, 0.3) is 0 Å². The van der Waals surface area contributed by atoms with Crippen LogP contribution in [0.1, 0.15) is 42.5 Å². The van der Waals surface area contributed by atoms with Crippen LogP contribution >= 0.6 is 11.3 Å². The van der Waals surface area contributed by atoms with E-state index in [2.05, 4.69) is 10.3 Å². The molecule has 1 aromatic heterocycles. The lowest BCUT2D eigenvalue weighted by Crippen LogP contribution is -2.62. The van der Waals surface area contributed by atoms with E-state index in [0.29, 0.717) is 12.8 Å². The van der Waals surface area contributed by atoms with Gasteiger partial charge in [0.1, 0.15) is 10.4 Å². The highest BCUT2D eigenvalue weighted by Gasteiger charge is 2.55. The van der Waals surface area contributed by atoms with Crippen LogP contribution in [0.25, 0.3) is 0 Å². The molecule has 1 aromatic rings. The van der Waals surface area contributed by atoms with E-state index in [4.69, 9.17) is 0 Å². The molecule has 0 unspecified atom stereocenters. The molecule has 4 amide bonds. The van der Waals surface area contributed by atoms with E-state index >= 15 is 0 Å². The highest BCUT2D eigenvalue weighted by atomic mass is 32.1. The van der Waals surface area contributed by atoms with Crippen molar-refractivity contribution in [2.24, 2.45) is 5.41 Å². The van der Waals surface area contributed by atoms with E-state index < -0.39 is 17.4 Å². The zero-order valence-corrected chi connectivity index (χ0v) is 12.7. The van der Waals surface area contributed by atoms with Crippen LogP contribution in [0.15, 0.2) is 6.20 Å². The van der Waals surface area contributed by atoms with E-state index in [9.17, 15) is 14.4 Å². The number of aromatic nitrogens is 1. The van der Waals surface area contributed by atoms with Crippen molar-refractivity contribution in [1.29, 1.82) is 0 Å². The van der Waals surface area contributed by atoms with Gasteiger partial charge >= 0.3 is 6.03 Å². The third kappa shape index (κ3) is 2.25. The number of hydrogen-bond donors (Lipinski definition) is 1. The summed E-state index contributed by atoms with van der Waals surface area (Å²) in [4.78, 5) is 43.3. The van der Waals surface area contributed by atoms with Gasteiger partial charge in [0, 0.05) is 11.1 Å². The van der Waals surface area contributed by atoms with Gasteiger partial charge in [-0.05, 0) is 19.3 Å². The van der Waals surface area contributed by atoms with Gasteiger partial charge in [-0.2, -0.15) is 0 Å². The van der Waals surface area contributed by atoms with Crippen LogP contribution in [0.5, 0.6) is 0 Å². The number of nitrogens with one attached hydrogen (secondary N) is 1. The topological polar surface area (TPSA) is 79.4 Å². The maximum absolute atomic E-state index is 12.7. The van der Waals surface area contributed by atoms with Crippen LogP contribution in [0.4, 0.5) is 4.79 Å². The van der Waals surface area contributed by atoms with Gasteiger partial charge < -0.3 is 0 Å². The molecule has 6 nitrogen and oxygen atoms in total. The Bertz CT molecular complexity index is 604. The van der Waals surface area contributed by atoms with E-state index in [1.54, 1.807) is 6.20 Å². The van der Waals surface area contributed by atoms with Crippen molar-refractivity contribution in [2.75, 3.05) is 0 Å². The Hall–Kier alpha value is -1.76. The Balaban J connectivity index is 1.85. The van der Waals surface area contributed by atoms with Crippen LogP contribution in [0.3, 0.4) is 0 Å². The van der Waals surface area contributed by atoms with Crippen molar-refractivity contribution in [3.05, 3.63) is 16.1 Å². The summed E-state index contributed by atoms with van der Waals surface area (Å²) < 4.78 is 0. The van der Waals surface area contributed by atoms with Crippen molar-refractivity contribution in [3.63, 3.8) is 0 Å². The summed E-state index contributed by atoms with van der Waals surface area (Å²) in [6.45, 7) is 2.17. The van der Waals surface area contributed by atoms with Crippen molar-refractivity contribution in [2.45, 2.75) is 45.6 Å². The number of urea groups is 1. The summed E-state index contributed by atoms with van der Waals surface area (Å²) in [6.07, 6.45) is 5.39. The number of amides is 4. The molecule has 1 aliphatic carbocycles. The first kappa shape index (κ1) is 14.2. The molecular weight excluding hydrogens is 290 g/mol. The average molecular weight is 307 g/mol. The SMILES string of the molecule is CCc1cnc(CN2C(=O)NC(=O)C3(CCCC3)C2=O)s1. The zero-order chi connectivity index (χ0) is 15.0. The molecule has 2 heterocycles. The second kappa shape index (κ2) is 5.22. The largest absolute Gasteiger partial charge is 0.331 e. The first-order valence-electron chi connectivity index (χ1n) is 7.18. The molecule has 1 saturated heterocycles. The summed E-state index contributed by atoms with van der Waals surface area (Å²) in [6, 6.07) is -0.629. The van der Waals surface area contributed by atoms with Crippen molar-refractivity contribution >= 4 is 29.2 Å². The molecule has 3 rings (SSSR count). The molecule has 1 N–H and O–H groups in total. The number of barbiturate groups is 1. The van der Waals surface area contributed by atoms with Crippen molar-refractivity contribution < 1.29 is 14.4 Å².